The van der Waals surface area contributed by atoms with Crippen LogP contribution in [0.4, 0.5) is 13.2 Å². The Morgan fingerprint density at radius 1 is 1.35 bits per heavy atom. The van der Waals surface area contributed by atoms with Crippen molar-refractivity contribution < 1.29 is 13.2 Å². The Hall–Kier alpha value is -1.59. The van der Waals surface area contributed by atoms with Gasteiger partial charge in [0.1, 0.15) is 0 Å². The average Bonchev–Trinajstić information content (AvgIpc) is 3.03. The number of hydrogen-bond donors (Lipinski definition) is 0. The lowest BCUT2D eigenvalue weighted by Gasteiger charge is -2.08. The zero-order chi connectivity index (χ0) is 12.2. The second-order valence-corrected chi connectivity index (χ2v) is 4.34. The van der Waals surface area contributed by atoms with Crippen molar-refractivity contribution in [3.63, 3.8) is 0 Å². The van der Waals surface area contributed by atoms with Gasteiger partial charge in [0.15, 0.2) is 5.65 Å². The molecule has 1 aliphatic carbocycles. The summed E-state index contributed by atoms with van der Waals surface area (Å²) in [5, 5.41) is 4.35. The molecule has 0 amide bonds. The Labute approximate surface area is 95.3 Å². The van der Waals surface area contributed by atoms with Gasteiger partial charge in [-0.3, -0.25) is 4.68 Å². The Bertz CT molecular complexity index is 581. The summed E-state index contributed by atoms with van der Waals surface area (Å²) >= 11 is 0. The van der Waals surface area contributed by atoms with Crippen LogP contribution in [0.5, 0.6) is 0 Å². The second kappa shape index (κ2) is 3.21. The lowest BCUT2D eigenvalue weighted by atomic mass is 10.1. The van der Waals surface area contributed by atoms with Crippen LogP contribution in [-0.2, 0) is 13.2 Å². The normalized spacial score (nSPS) is 16.7. The summed E-state index contributed by atoms with van der Waals surface area (Å²) in [5.41, 5.74) is 0.224. The number of nitrogens with zero attached hydrogens (tertiary/aromatic N) is 3. The Morgan fingerprint density at radius 3 is 2.65 bits per heavy atom. The van der Waals surface area contributed by atoms with E-state index in [1.54, 1.807) is 7.05 Å². The van der Waals surface area contributed by atoms with E-state index in [1.807, 2.05) is 0 Å². The molecule has 2 aromatic rings. The van der Waals surface area contributed by atoms with Crippen molar-refractivity contribution >= 4 is 11.0 Å². The van der Waals surface area contributed by atoms with Crippen LogP contribution in [0.2, 0.25) is 0 Å². The molecule has 0 aliphatic heterocycles. The number of fused-ring (bicyclic) bond motifs is 1. The van der Waals surface area contributed by atoms with Gasteiger partial charge in [-0.05, 0) is 18.9 Å². The molecule has 0 bridgehead atoms. The molecule has 0 saturated heterocycles. The molecule has 1 aliphatic rings. The monoisotopic (exact) mass is 241 g/mol. The third-order valence-corrected chi connectivity index (χ3v) is 3.02. The molecule has 0 aromatic carbocycles. The van der Waals surface area contributed by atoms with E-state index in [9.17, 15) is 13.2 Å². The summed E-state index contributed by atoms with van der Waals surface area (Å²) in [6.45, 7) is 0. The number of alkyl halides is 3. The molecule has 1 saturated carbocycles. The zero-order valence-corrected chi connectivity index (χ0v) is 9.12. The van der Waals surface area contributed by atoms with E-state index in [4.69, 9.17) is 0 Å². The Morgan fingerprint density at radius 2 is 2.06 bits per heavy atom. The van der Waals surface area contributed by atoms with Crippen LogP contribution in [0.15, 0.2) is 12.3 Å². The van der Waals surface area contributed by atoms with E-state index in [0.717, 1.165) is 18.9 Å². The number of aromatic nitrogens is 3. The number of halogens is 3. The first-order valence-corrected chi connectivity index (χ1v) is 5.37. The van der Waals surface area contributed by atoms with E-state index < -0.39 is 11.7 Å². The van der Waals surface area contributed by atoms with Crippen LogP contribution >= 0.6 is 0 Å². The predicted octanol–water partition coefficient (Wildman–Crippen LogP) is 2.86. The third kappa shape index (κ3) is 1.59. The minimum Gasteiger partial charge on any atom is -0.250 e. The van der Waals surface area contributed by atoms with Crippen LogP contribution in [0.25, 0.3) is 11.0 Å². The molecule has 3 nitrogen and oxygen atoms in total. The van der Waals surface area contributed by atoms with Gasteiger partial charge in [-0.2, -0.15) is 18.3 Å². The third-order valence-electron chi connectivity index (χ3n) is 3.02. The lowest BCUT2D eigenvalue weighted by molar-refractivity contribution is -0.136. The van der Waals surface area contributed by atoms with Gasteiger partial charge >= 0.3 is 6.18 Å². The smallest absolute Gasteiger partial charge is 0.250 e. The topological polar surface area (TPSA) is 30.7 Å². The molecule has 3 rings (SSSR count). The van der Waals surface area contributed by atoms with Gasteiger partial charge < -0.3 is 0 Å². The molecule has 17 heavy (non-hydrogen) atoms. The zero-order valence-electron chi connectivity index (χ0n) is 9.12. The van der Waals surface area contributed by atoms with Crippen molar-refractivity contribution in [1.29, 1.82) is 0 Å². The number of pyridine rings is 1. The largest absolute Gasteiger partial charge is 0.417 e. The summed E-state index contributed by atoms with van der Waals surface area (Å²) in [6, 6.07) is 1.02. The van der Waals surface area contributed by atoms with Crippen molar-refractivity contribution in [3.05, 3.63) is 23.5 Å². The van der Waals surface area contributed by atoms with Gasteiger partial charge in [-0.25, -0.2) is 4.98 Å². The lowest BCUT2D eigenvalue weighted by Crippen LogP contribution is -2.06. The predicted molar refractivity (Wildman–Crippen MR) is 55.5 cm³/mol. The van der Waals surface area contributed by atoms with Crippen molar-refractivity contribution in [1.82, 2.24) is 14.8 Å². The highest BCUT2D eigenvalue weighted by atomic mass is 19.4. The van der Waals surface area contributed by atoms with Crippen LogP contribution in [0, 0.1) is 0 Å². The molecule has 2 aromatic heterocycles. The average molecular weight is 241 g/mol. The summed E-state index contributed by atoms with van der Waals surface area (Å²) in [6.07, 6.45) is -1.34. The molecule has 0 radical (unpaired) electrons. The summed E-state index contributed by atoms with van der Waals surface area (Å²) in [7, 11) is 1.63. The molecular weight excluding hydrogens is 231 g/mol. The molecular formula is C11H10F3N3. The van der Waals surface area contributed by atoms with Gasteiger partial charge in [-0.1, -0.05) is 0 Å². The van der Waals surface area contributed by atoms with Crippen molar-refractivity contribution in [2.75, 3.05) is 0 Å². The van der Waals surface area contributed by atoms with E-state index >= 15 is 0 Å². The first-order valence-electron chi connectivity index (χ1n) is 5.37. The highest BCUT2D eigenvalue weighted by Gasteiger charge is 2.38. The van der Waals surface area contributed by atoms with Crippen LogP contribution < -0.4 is 0 Å². The van der Waals surface area contributed by atoms with Crippen LogP contribution in [0.1, 0.15) is 30.0 Å². The molecule has 0 spiro atoms. The van der Waals surface area contributed by atoms with E-state index in [0.29, 0.717) is 11.3 Å². The minimum absolute atomic E-state index is 0.170. The maximum absolute atomic E-state index is 12.9. The fraction of sp³-hybridized carbons (Fsp3) is 0.455. The highest BCUT2D eigenvalue weighted by Crippen LogP contribution is 2.45. The maximum atomic E-state index is 12.9. The molecule has 6 heteroatoms. The maximum Gasteiger partial charge on any atom is 0.417 e. The van der Waals surface area contributed by atoms with E-state index in [-0.39, 0.29) is 11.3 Å². The highest BCUT2D eigenvalue weighted by molar-refractivity contribution is 5.83. The van der Waals surface area contributed by atoms with Crippen molar-refractivity contribution in [3.8, 4) is 0 Å². The SMILES string of the molecule is Cn1nc(C2CC2)c2c(C(F)(F)F)ccnc21. The Kier molecular flexibility index (Phi) is 1.99. The van der Waals surface area contributed by atoms with Crippen LogP contribution in [-0.4, -0.2) is 14.8 Å². The van der Waals surface area contributed by atoms with Gasteiger partial charge in [0.25, 0.3) is 0 Å². The van der Waals surface area contributed by atoms with Crippen LogP contribution in [0.3, 0.4) is 0 Å². The molecule has 0 N–H and O–H groups in total. The first kappa shape index (κ1) is 10.6. The quantitative estimate of drug-likeness (QED) is 0.768. The summed E-state index contributed by atoms with van der Waals surface area (Å²) in [4.78, 5) is 3.99. The first-order chi connectivity index (χ1) is 7.98. The summed E-state index contributed by atoms with van der Waals surface area (Å²) in [5.74, 6) is 0.170. The van der Waals surface area contributed by atoms with E-state index in [1.165, 1.54) is 10.9 Å². The van der Waals surface area contributed by atoms with Gasteiger partial charge in [0.2, 0.25) is 0 Å². The number of aryl methyl sites for hydroxylation is 1. The fourth-order valence-electron chi connectivity index (χ4n) is 2.09. The molecule has 0 unspecified atom stereocenters. The van der Waals surface area contributed by atoms with E-state index in [2.05, 4.69) is 10.1 Å². The summed E-state index contributed by atoms with van der Waals surface area (Å²) < 4.78 is 40.2. The molecule has 1 fully saturated rings. The molecule has 2 heterocycles. The standard InChI is InChI=1S/C11H10F3N3/c1-17-10-8(9(16-17)6-2-3-6)7(4-5-15-10)11(12,13)14/h4-6H,2-3H2,1H3. The van der Waals surface area contributed by atoms with Crippen molar-refractivity contribution in [2.45, 2.75) is 24.9 Å². The number of rotatable bonds is 1. The second-order valence-electron chi connectivity index (χ2n) is 4.34. The Balaban J connectivity index is 2.35. The number of hydrogen-bond acceptors (Lipinski definition) is 2. The molecule has 90 valence electrons. The fourth-order valence-corrected chi connectivity index (χ4v) is 2.09. The van der Waals surface area contributed by atoms with Gasteiger partial charge in [0.05, 0.1) is 16.6 Å². The van der Waals surface area contributed by atoms with Gasteiger partial charge in [0, 0.05) is 19.2 Å². The van der Waals surface area contributed by atoms with Crippen molar-refractivity contribution in [2.24, 2.45) is 7.05 Å². The minimum atomic E-state index is -4.35. The van der Waals surface area contributed by atoms with Gasteiger partial charge in [-0.15, -0.1) is 0 Å². The molecule has 0 atom stereocenters.